The number of aromatic nitrogens is 4. The number of nitrogens with zero attached hydrogens (tertiary/aromatic N) is 5. The van der Waals surface area contributed by atoms with Crippen LogP contribution >= 0.6 is 0 Å². The SMILES string of the molecule is c1cn2nnnc2cc1N1CCNCC1. The molecular formula is C9H12N6. The summed E-state index contributed by atoms with van der Waals surface area (Å²) < 4.78 is 1.67. The highest BCUT2D eigenvalue weighted by molar-refractivity contribution is 5.55. The fourth-order valence-electron chi connectivity index (χ4n) is 1.85. The van der Waals surface area contributed by atoms with Crippen molar-refractivity contribution in [3.05, 3.63) is 18.3 Å². The highest BCUT2D eigenvalue weighted by Gasteiger charge is 2.11. The van der Waals surface area contributed by atoms with Gasteiger partial charge in [0, 0.05) is 44.1 Å². The van der Waals surface area contributed by atoms with Gasteiger partial charge in [-0.3, -0.25) is 0 Å². The molecule has 0 radical (unpaired) electrons. The summed E-state index contributed by atoms with van der Waals surface area (Å²) in [6.45, 7) is 4.15. The predicted molar refractivity (Wildman–Crippen MR) is 55.9 cm³/mol. The van der Waals surface area contributed by atoms with Gasteiger partial charge in [0.2, 0.25) is 0 Å². The first kappa shape index (κ1) is 8.60. The Balaban J connectivity index is 1.95. The van der Waals surface area contributed by atoms with E-state index in [-0.39, 0.29) is 0 Å². The van der Waals surface area contributed by atoms with Gasteiger partial charge in [0.1, 0.15) is 0 Å². The zero-order valence-electron chi connectivity index (χ0n) is 8.30. The van der Waals surface area contributed by atoms with Crippen LogP contribution in [0.1, 0.15) is 0 Å². The number of nitrogens with one attached hydrogen (secondary N) is 1. The summed E-state index contributed by atoms with van der Waals surface area (Å²) in [6, 6.07) is 4.07. The number of anilines is 1. The number of pyridine rings is 1. The van der Waals surface area contributed by atoms with Crippen molar-refractivity contribution in [1.82, 2.24) is 25.4 Å². The molecule has 0 unspecified atom stereocenters. The molecule has 1 N–H and O–H groups in total. The van der Waals surface area contributed by atoms with E-state index in [0.29, 0.717) is 0 Å². The molecule has 1 aliphatic rings. The van der Waals surface area contributed by atoms with Crippen molar-refractivity contribution in [3.63, 3.8) is 0 Å². The van der Waals surface area contributed by atoms with Gasteiger partial charge in [0.05, 0.1) is 0 Å². The second-order valence-electron chi connectivity index (χ2n) is 3.60. The second-order valence-corrected chi connectivity index (χ2v) is 3.60. The van der Waals surface area contributed by atoms with E-state index in [0.717, 1.165) is 31.8 Å². The molecule has 0 aliphatic carbocycles. The molecule has 1 aliphatic heterocycles. The smallest absolute Gasteiger partial charge is 0.181 e. The summed E-state index contributed by atoms with van der Waals surface area (Å²) in [5.41, 5.74) is 1.99. The highest BCUT2D eigenvalue weighted by atomic mass is 15.5. The molecule has 1 fully saturated rings. The molecule has 0 bridgehead atoms. The van der Waals surface area contributed by atoms with E-state index in [4.69, 9.17) is 0 Å². The van der Waals surface area contributed by atoms with Crippen molar-refractivity contribution in [1.29, 1.82) is 0 Å². The van der Waals surface area contributed by atoms with Crippen LogP contribution in [0.2, 0.25) is 0 Å². The first-order valence-corrected chi connectivity index (χ1v) is 5.07. The molecule has 3 rings (SSSR count). The van der Waals surface area contributed by atoms with Gasteiger partial charge in [-0.25, -0.2) is 4.52 Å². The Morgan fingerprint density at radius 1 is 1.27 bits per heavy atom. The molecule has 78 valence electrons. The lowest BCUT2D eigenvalue weighted by Crippen LogP contribution is -2.43. The van der Waals surface area contributed by atoms with E-state index in [9.17, 15) is 0 Å². The van der Waals surface area contributed by atoms with Gasteiger partial charge in [-0.15, -0.1) is 5.10 Å². The molecule has 0 amide bonds. The van der Waals surface area contributed by atoms with E-state index < -0.39 is 0 Å². The first-order chi connectivity index (χ1) is 7.43. The van der Waals surface area contributed by atoms with Crippen molar-refractivity contribution in [3.8, 4) is 0 Å². The molecule has 15 heavy (non-hydrogen) atoms. The Hall–Kier alpha value is -1.69. The van der Waals surface area contributed by atoms with Crippen molar-refractivity contribution in [2.24, 2.45) is 0 Å². The summed E-state index contributed by atoms with van der Waals surface area (Å²) in [6.07, 6.45) is 1.90. The van der Waals surface area contributed by atoms with Crippen molar-refractivity contribution >= 4 is 11.3 Å². The summed E-state index contributed by atoms with van der Waals surface area (Å²) in [7, 11) is 0. The standard InChI is InChI=1S/C9H12N6/c1-4-15-9(11-12-13-15)7-8(1)14-5-2-10-3-6-14/h1,4,7,10H,2-3,5-6H2. The number of hydrogen-bond donors (Lipinski definition) is 1. The maximum Gasteiger partial charge on any atom is 0.181 e. The highest BCUT2D eigenvalue weighted by Crippen LogP contribution is 2.15. The number of piperazine rings is 1. The van der Waals surface area contributed by atoms with Crippen LogP contribution in [0.4, 0.5) is 5.69 Å². The van der Waals surface area contributed by atoms with Crippen LogP contribution < -0.4 is 10.2 Å². The third-order valence-electron chi connectivity index (χ3n) is 2.66. The Labute approximate surface area is 86.9 Å². The molecule has 6 nitrogen and oxygen atoms in total. The molecule has 2 aromatic rings. The fraction of sp³-hybridized carbons (Fsp3) is 0.444. The Morgan fingerprint density at radius 2 is 2.13 bits per heavy atom. The summed E-state index contributed by atoms with van der Waals surface area (Å²) >= 11 is 0. The second kappa shape index (κ2) is 3.47. The summed E-state index contributed by atoms with van der Waals surface area (Å²) in [5.74, 6) is 0. The Kier molecular flexibility index (Phi) is 1.99. The Morgan fingerprint density at radius 3 is 3.00 bits per heavy atom. The zero-order chi connectivity index (χ0) is 10.1. The molecule has 0 aromatic carbocycles. The molecular weight excluding hydrogens is 192 g/mol. The van der Waals surface area contributed by atoms with Crippen LogP contribution in [-0.2, 0) is 0 Å². The van der Waals surface area contributed by atoms with Gasteiger partial charge < -0.3 is 10.2 Å². The van der Waals surface area contributed by atoms with Crippen molar-refractivity contribution in [2.75, 3.05) is 31.1 Å². The predicted octanol–water partition coefficient (Wildman–Crippen LogP) is -0.466. The van der Waals surface area contributed by atoms with Gasteiger partial charge in [-0.05, 0) is 16.5 Å². The minimum atomic E-state index is 0.797. The third-order valence-corrected chi connectivity index (χ3v) is 2.66. The largest absolute Gasteiger partial charge is 0.369 e. The normalized spacial score (nSPS) is 17.2. The van der Waals surface area contributed by atoms with Gasteiger partial charge >= 0.3 is 0 Å². The third kappa shape index (κ3) is 1.52. The van der Waals surface area contributed by atoms with Crippen LogP contribution in [-0.4, -0.2) is 46.2 Å². The maximum atomic E-state index is 3.93. The average molecular weight is 204 g/mol. The lowest BCUT2D eigenvalue weighted by Gasteiger charge is -2.29. The van der Waals surface area contributed by atoms with E-state index in [1.54, 1.807) is 4.52 Å². The Bertz CT molecular complexity index is 458. The lowest BCUT2D eigenvalue weighted by molar-refractivity contribution is 0.589. The van der Waals surface area contributed by atoms with E-state index >= 15 is 0 Å². The summed E-state index contributed by atoms with van der Waals surface area (Å²) in [4.78, 5) is 2.34. The van der Waals surface area contributed by atoms with Crippen molar-refractivity contribution < 1.29 is 0 Å². The van der Waals surface area contributed by atoms with E-state index in [1.165, 1.54) is 5.69 Å². The number of fused-ring (bicyclic) bond motifs is 1. The molecule has 0 saturated carbocycles. The number of hydrogen-bond acceptors (Lipinski definition) is 5. The van der Waals surface area contributed by atoms with E-state index in [2.05, 4.69) is 31.8 Å². The monoisotopic (exact) mass is 204 g/mol. The zero-order valence-corrected chi connectivity index (χ0v) is 8.30. The van der Waals surface area contributed by atoms with Crippen LogP contribution in [0.5, 0.6) is 0 Å². The fourth-order valence-corrected chi connectivity index (χ4v) is 1.85. The average Bonchev–Trinajstić information content (AvgIpc) is 2.77. The molecule has 6 heteroatoms. The topological polar surface area (TPSA) is 58.4 Å². The minimum Gasteiger partial charge on any atom is -0.369 e. The number of rotatable bonds is 1. The van der Waals surface area contributed by atoms with E-state index in [1.807, 2.05) is 12.3 Å². The first-order valence-electron chi connectivity index (χ1n) is 5.07. The van der Waals surface area contributed by atoms with Crippen LogP contribution in [0.15, 0.2) is 18.3 Å². The molecule has 0 spiro atoms. The van der Waals surface area contributed by atoms with Gasteiger partial charge in [0.15, 0.2) is 5.65 Å². The number of tetrazole rings is 1. The lowest BCUT2D eigenvalue weighted by atomic mass is 10.3. The maximum absolute atomic E-state index is 3.93. The molecule has 1 saturated heterocycles. The van der Waals surface area contributed by atoms with Crippen molar-refractivity contribution in [2.45, 2.75) is 0 Å². The minimum absolute atomic E-state index is 0.797. The van der Waals surface area contributed by atoms with Crippen LogP contribution in [0, 0.1) is 0 Å². The van der Waals surface area contributed by atoms with Gasteiger partial charge in [0.25, 0.3) is 0 Å². The summed E-state index contributed by atoms with van der Waals surface area (Å²) in [5, 5.41) is 14.7. The van der Waals surface area contributed by atoms with Crippen LogP contribution in [0.3, 0.4) is 0 Å². The van der Waals surface area contributed by atoms with Gasteiger partial charge in [-0.1, -0.05) is 0 Å². The molecule has 2 aromatic heterocycles. The quantitative estimate of drug-likeness (QED) is 0.680. The van der Waals surface area contributed by atoms with Gasteiger partial charge in [-0.2, -0.15) is 0 Å². The molecule has 0 atom stereocenters. The molecule has 3 heterocycles. The van der Waals surface area contributed by atoms with Crippen LogP contribution in [0.25, 0.3) is 5.65 Å².